The summed E-state index contributed by atoms with van der Waals surface area (Å²) in [6.45, 7) is 4.30. The fraction of sp³-hybridized carbons (Fsp3) is 0.353. The Morgan fingerprint density at radius 3 is 3.09 bits per heavy atom. The molecule has 0 amide bonds. The Morgan fingerprint density at radius 1 is 1.35 bits per heavy atom. The zero-order chi connectivity index (χ0) is 15.6. The maximum absolute atomic E-state index is 5.46. The number of aryl methyl sites for hydroxylation is 2. The second-order valence-corrected chi connectivity index (χ2v) is 7.42. The highest BCUT2D eigenvalue weighted by Crippen LogP contribution is 2.39. The van der Waals surface area contributed by atoms with Crippen molar-refractivity contribution >= 4 is 27.2 Å². The van der Waals surface area contributed by atoms with Crippen molar-refractivity contribution in [1.82, 2.24) is 19.6 Å². The molecule has 23 heavy (non-hydrogen) atoms. The van der Waals surface area contributed by atoms with Crippen molar-refractivity contribution in [3.05, 3.63) is 34.7 Å². The number of rotatable bonds is 1. The second-order valence-electron chi connectivity index (χ2n) is 6.34. The zero-order valence-electron chi connectivity index (χ0n) is 13.0. The van der Waals surface area contributed by atoms with E-state index in [1.165, 1.54) is 22.2 Å². The van der Waals surface area contributed by atoms with Gasteiger partial charge in [-0.25, -0.2) is 9.97 Å². The van der Waals surface area contributed by atoms with Gasteiger partial charge in [0.1, 0.15) is 10.7 Å². The first kappa shape index (κ1) is 13.2. The van der Waals surface area contributed by atoms with Crippen molar-refractivity contribution in [2.45, 2.75) is 33.1 Å². The van der Waals surface area contributed by atoms with Gasteiger partial charge in [-0.3, -0.25) is 0 Å². The Hall–Kier alpha value is -2.21. The summed E-state index contributed by atoms with van der Waals surface area (Å²) < 4.78 is 7.31. The van der Waals surface area contributed by atoms with Gasteiger partial charge in [-0.05, 0) is 49.8 Å². The zero-order valence-corrected chi connectivity index (χ0v) is 13.9. The predicted molar refractivity (Wildman–Crippen MR) is 89.8 cm³/mol. The third-order valence-electron chi connectivity index (χ3n) is 4.63. The van der Waals surface area contributed by atoms with E-state index in [2.05, 4.69) is 12.0 Å². The number of thiophene rings is 1. The molecule has 116 valence electrons. The van der Waals surface area contributed by atoms with Gasteiger partial charge in [-0.2, -0.15) is 4.52 Å². The van der Waals surface area contributed by atoms with Crippen LogP contribution in [0, 0.1) is 12.8 Å². The molecule has 0 N–H and O–H groups in total. The minimum atomic E-state index is 0.621. The number of hydrogen-bond acceptors (Lipinski definition) is 5. The first-order chi connectivity index (χ1) is 11.2. The Kier molecular flexibility index (Phi) is 2.68. The average Bonchev–Trinajstić information content (AvgIpc) is 3.23. The van der Waals surface area contributed by atoms with E-state index in [4.69, 9.17) is 14.4 Å². The predicted octanol–water partition coefficient (Wildman–Crippen LogP) is 4.03. The molecule has 0 aliphatic heterocycles. The van der Waals surface area contributed by atoms with Crippen LogP contribution < -0.4 is 0 Å². The summed E-state index contributed by atoms with van der Waals surface area (Å²) in [4.78, 5) is 12.1. The minimum Gasteiger partial charge on any atom is -0.461 e. The van der Waals surface area contributed by atoms with Gasteiger partial charge >= 0.3 is 0 Å². The van der Waals surface area contributed by atoms with E-state index in [9.17, 15) is 0 Å². The lowest BCUT2D eigenvalue weighted by molar-refractivity contribution is 0.508. The van der Waals surface area contributed by atoms with E-state index in [0.717, 1.165) is 29.1 Å². The highest BCUT2D eigenvalue weighted by Gasteiger charge is 2.25. The lowest BCUT2D eigenvalue weighted by atomic mass is 9.89. The number of fused-ring (bicyclic) bond motifs is 5. The molecule has 0 spiro atoms. The third kappa shape index (κ3) is 1.88. The number of nitrogens with zero attached hydrogens (tertiary/aromatic N) is 4. The first-order valence-corrected chi connectivity index (χ1v) is 8.74. The van der Waals surface area contributed by atoms with Crippen LogP contribution >= 0.6 is 11.3 Å². The summed E-state index contributed by atoms with van der Waals surface area (Å²) in [6.07, 6.45) is 5.18. The molecule has 4 aromatic heterocycles. The van der Waals surface area contributed by atoms with Crippen molar-refractivity contribution in [2.24, 2.45) is 5.92 Å². The van der Waals surface area contributed by atoms with Gasteiger partial charge in [0.25, 0.3) is 0 Å². The van der Waals surface area contributed by atoms with Crippen molar-refractivity contribution in [3.63, 3.8) is 0 Å². The Morgan fingerprint density at radius 2 is 2.26 bits per heavy atom. The monoisotopic (exact) mass is 324 g/mol. The Labute approximate surface area is 137 Å². The third-order valence-corrected chi connectivity index (χ3v) is 5.82. The summed E-state index contributed by atoms with van der Waals surface area (Å²) in [5.41, 5.74) is 2.34. The fourth-order valence-electron chi connectivity index (χ4n) is 3.46. The molecule has 1 aliphatic carbocycles. The van der Waals surface area contributed by atoms with Crippen LogP contribution in [0.1, 0.15) is 29.6 Å². The van der Waals surface area contributed by atoms with Gasteiger partial charge < -0.3 is 4.42 Å². The van der Waals surface area contributed by atoms with E-state index in [-0.39, 0.29) is 0 Å². The molecule has 4 heterocycles. The highest BCUT2D eigenvalue weighted by atomic mass is 32.1. The molecule has 0 saturated carbocycles. The number of furan rings is 1. The van der Waals surface area contributed by atoms with Crippen molar-refractivity contribution in [2.75, 3.05) is 0 Å². The molecule has 0 aromatic carbocycles. The Bertz CT molecular complexity index is 1030. The molecule has 0 bridgehead atoms. The number of hydrogen-bond donors (Lipinski definition) is 0. The molecule has 4 aromatic rings. The molecule has 0 radical (unpaired) electrons. The molecular formula is C17H16N4OS. The highest BCUT2D eigenvalue weighted by molar-refractivity contribution is 7.19. The van der Waals surface area contributed by atoms with E-state index >= 15 is 0 Å². The van der Waals surface area contributed by atoms with Crippen molar-refractivity contribution < 1.29 is 4.42 Å². The molecule has 6 heteroatoms. The average molecular weight is 324 g/mol. The lowest BCUT2D eigenvalue weighted by Crippen LogP contribution is -2.09. The maximum Gasteiger partial charge on any atom is 0.217 e. The topological polar surface area (TPSA) is 56.2 Å². The quantitative estimate of drug-likeness (QED) is 0.530. The summed E-state index contributed by atoms with van der Waals surface area (Å²) in [7, 11) is 0. The van der Waals surface area contributed by atoms with Crippen LogP contribution in [-0.2, 0) is 12.8 Å². The van der Waals surface area contributed by atoms with Gasteiger partial charge in [-0.1, -0.05) is 6.92 Å². The summed E-state index contributed by atoms with van der Waals surface area (Å²) in [6, 6.07) is 3.75. The normalized spacial score (nSPS) is 17.9. The van der Waals surface area contributed by atoms with Gasteiger partial charge in [0.05, 0.1) is 11.6 Å². The molecule has 0 saturated heterocycles. The van der Waals surface area contributed by atoms with Crippen LogP contribution in [0.5, 0.6) is 0 Å². The molecule has 5 nitrogen and oxygen atoms in total. The summed E-state index contributed by atoms with van der Waals surface area (Å²) >= 11 is 1.82. The van der Waals surface area contributed by atoms with Crippen LogP contribution in [0.25, 0.3) is 27.4 Å². The molecule has 1 atom stereocenters. The van der Waals surface area contributed by atoms with E-state index in [0.29, 0.717) is 17.5 Å². The minimum absolute atomic E-state index is 0.621. The van der Waals surface area contributed by atoms with Gasteiger partial charge in [0.15, 0.2) is 11.4 Å². The van der Waals surface area contributed by atoms with Crippen LogP contribution in [0.4, 0.5) is 0 Å². The summed E-state index contributed by atoms with van der Waals surface area (Å²) in [5.74, 6) is 2.90. The van der Waals surface area contributed by atoms with Gasteiger partial charge in [0.2, 0.25) is 5.82 Å². The van der Waals surface area contributed by atoms with E-state index in [1.54, 1.807) is 6.26 Å². The van der Waals surface area contributed by atoms with Gasteiger partial charge in [-0.15, -0.1) is 16.4 Å². The van der Waals surface area contributed by atoms with Crippen molar-refractivity contribution in [3.8, 4) is 11.6 Å². The lowest BCUT2D eigenvalue weighted by Gasteiger charge is -2.17. The molecule has 0 fully saturated rings. The van der Waals surface area contributed by atoms with Crippen LogP contribution in [0.2, 0.25) is 0 Å². The van der Waals surface area contributed by atoms with Crippen LogP contribution in [0.3, 0.4) is 0 Å². The van der Waals surface area contributed by atoms with Crippen LogP contribution in [-0.4, -0.2) is 19.6 Å². The smallest absolute Gasteiger partial charge is 0.217 e. The molecule has 5 rings (SSSR count). The van der Waals surface area contributed by atoms with E-state index < -0.39 is 0 Å². The standard InChI is InChI=1S/C17H16N4OS/c1-9-5-6-13-11(8-9)14-16-19-15(12-4-3-7-22-12)20-21(16)10(2)18-17(14)23-13/h3-4,7,9H,5-6,8H2,1-2H3/t9-/m0/s1. The number of aromatic nitrogens is 4. The maximum atomic E-state index is 5.46. The largest absolute Gasteiger partial charge is 0.461 e. The molecule has 1 aliphatic rings. The molecule has 0 unspecified atom stereocenters. The Balaban J connectivity index is 1.86. The molecular weight excluding hydrogens is 308 g/mol. The van der Waals surface area contributed by atoms with Gasteiger partial charge in [0, 0.05) is 4.88 Å². The van der Waals surface area contributed by atoms with Crippen molar-refractivity contribution in [1.29, 1.82) is 0 Å². The fourth-order valence-corrected chi connectivity index (χ4v) is 4.71. The SMILES string of the molecule is Cc1nc2sc3c(c2c2nc(-c4ccco4)nn12)C[C@@H](C)CC3. The summed E-state index contributed by atoms with van der Waals surface area (Å²) in [5, 5.41) is 5.79. The first-order valence-electron chi connectivity index (χ1n) is 7.92. The second kappa shape index (κ2) is 4.64. The van der Waals surface area contributed by atoms with E-state index in [1.807, 2.05) is 34.9 Å². The van der Waals surface area contributed by atoms with Crippen LogP contribution in [0.15, 0.2) is 22.8 Å².